The van der Waals surface area contributed by atoms with Crippen molar-refractivity contribution in [2.45, 2.75) is 0 Å². The van der Waals surface area contributed by atoms with Crippen molar-refractivity contribution in [3.8, 4) is 12.3 Å². The molecule has 1 aromatic heterocycles. The fourth-order valence-electron chi connectivity index (χ4n) is 1.43. The first-order valence-corrected chi connectivity index (χ1v) is 5.97. The monoisotopic (exact) mass is 300 g/mol. The van der Waals surface area contributed by atoms with Gasteiger partial charge in [0.25, 0.3) is 5.91 Å². The Morgan fingerprint density at radius 2 is 2.17 bits per heavy atom. The molecule has 0 saturated carbocycles. The van der Waals surface area contributed by atoms with E-state index in [4.69, 9.17) is 6.42 Å². The Morgan fingerprint density at radius 1 is 1.33 bits per heavy atom. The lowest BCUT2D eigenvalue weighted by atomic mass is 10.2. The van der Waals surface area contributed by atoms with Crippen molar-refractivity contribution in [3.63, 3.8) is 0 Å². The minimum atomic E-state index is -0.224. The number of rotatable bonds is 2. The van der Waals surface area contributed by atoms with Crippen LogP contribution >= 0.6 is 15.9 Å². The van der Waals surface area contributed by atoms with Gasteiger partial charge in [0.05, 0.1) is 5.56 Å². The SMILES string of the molecule is C#Cc1cccc(NC(=O)c2cncc(Br)c2)c1. The molecular formula is C14H9BrN2O. The van der Waals surface area contributed by atoms with Crippen molar-refractivity contribution in [3.05, 3.63) is 58.3 Å². The van der Waals surface area contributed by atoms with Gasteiger partial charge in [0, 0.05) is 28.1 Å². The second-order valence-electron chi connectivity index (χ2n) is 3.57. The molecule has 0 spiro atoms. The maximum Gasteiger partial charge on any atom is 0.257 e. The number of nitrogens with zero attached hydrogens (tertiary/aromatic N) is 1. The van der Waals surface area contributed by atoms with E-state index in [1.54, 1.807) is 36.5 Å². The van der Waals surface area contributed by atoms with E-state index >= 15 is 0 Å². The lowest BCUT2D eigenvalue weighted by molar-refractivity contribution is 0.102. The van der Waals surface area contributed by atoms with Gasteiger partial charge in [0.2, 0.25) is 0 Å². The van der Waals surface area contributed by atoms with Crippen LogP contribution in [0.3, 0.4) is 0 Å². The molecule has 3 nitrogen and oxygen atoms in total. The van der Waals surface area contributed by atoms with E-state index < -0.39 is 0 Å². The van der Waals surface area contributed by atoms with Crippen molar-refractivity contribution in [2.75, 3.05) is 5.32 Å². The number of benzene rings is 1. The average Bonchev–Trinajstić information content (AvgIpc) is 2.39. The van der Waals surface area contributed by atoms with Gasteiger partial charge in [-0.3, -0.25) is 9.78 Å². The maximum absolute atomic E-state index is 11.9. The number of anilines is 1. The van der Waals surface area contributed by atoms with Gasteiger partial charge in [-0.2, -0.15) is 0 Å². The molecule has 0 bridgehead atoms. The molecule has 2 aromatic rings. The van der Waals surface area contributed by atoms with Crippen molar-refractivity contribution in [1.82, 2.24) is 4.98 Å². The first kappa shape index (κ1) is 12.3. The van der Waals surface area contributed by atoms with Gasteiger partial charge in [-0.25, -0.2) is 0 Å². The summed E-state index contributed by atoms with van der Waals surface area (Å²) in [6, 6.07) is 8.82. The van der Waals surface area contributed by atoms with E-state index in [9.17, 15) is 4.79 Å². The van der Waals surface area contributed by atoms with Crippen molar-refractivity contribution < 1.29 is 4.79 Å². The molecule has 0 fully saturated rings. The summed E-state index contributed by atoms with van der Waals surface area (Å²) in [5, 5.41) is 2.76. The average molecular weight is 301 g/mol. The highest BCUT2D eigenvalue weighted by Crippen LogP contribution is 2.13. The zero-order valence-electron chi connectivity index (χ0n) is 9.35. The lowest BCUT2D eigenvalue weighted by Crippen LogP contribution is -2.12. The summed E-state index contributed by atoms with van der Waals surface area (Å²) in [7, 11) is 0. The molecule has 0 atom stereocenters. The number of nitrogens with one attached hydrogen (secondary N) is 1. The number of pyridine rings is 1. The van der Waals surface area contributed by atoms with Gasteiger partial charge in [0.1, 0.15) is 0 Å². The van der Waals surface area contributed by atoms with Crippen LogP contribution in [-0.4, -0.2) is 10.9 Å². The number of amides is 1. The van der Waals surface area contributed by atoms with Crippen molar-refractivity contribution in [1.29, 1.82) is 0 Å². The van der Waals surface area contributed by atoms with Crippen LogP contribution in [0.2, 0.25) is 0 Å². The number of hydrogen-bond donors (Lipinski definition) is 1. The first-order chi connectivity index (χ1) is 8.69. The molecule has 0 aliphatic rings. The molecule has 1 amide bonds. The number of carbonyl (C=O) groups is 1. The van der Waals surface area contributed by atoms with Gasteiger partial charge < -0.3 is 5.32 Å². The number of aromatic nitrogens is 1. The smallest absolute Gasteiger partial charge is 0.257 e. The minimum Gasteiger partial charge on any atom is -0.322 e. The van der Waals surface area contributed by atoms with Crippen LogP contribution in [0.1, 0.15) is 15.9 Å². The molecule has 18 heavy (non-hydrogen) atoms. The minimum absolute atomic E-state index is 0.224. The molecule has 0 aliphatic carbocycles. The summed E-state index contributed by atoms with van der Waals surface area (Å²) in [5.74, 6) is 2.29. The molecule has 88 valence electrons. The highest BCUT2D eigenvalue weighted by molar-refractivity contribution is 9.10. The summed E-state index contributed by atoms with van der Waals surface area (Å²) in [6.07, 6.45) is 8.43. The third kappa shape index (κ3) is 2.96. The Balaban J connectivity index is 2.19. The van der Waals surface area contributed by atoms with Crippen LogP contribution in [0.4, 0.5) is 5.69 Å². The number of carbonyl (C=O) groups excluding carboxylic acids is 1. The maximum atomic E-state index is 11.9. The number of terminal acetylenes is 1. The van der Waals surface area contributed by atoms with E-state index in [-0.39, 0.29) is 5.91 Å². The van der Waals surface area contributed by atoms with E-state index in [1.165, 1.54) is 6.20 Å². The van der Waals surface area contributed by atoms with E-state index in [0.717, 1.165) is 10.0 Å². The van der Waals surface area contributed by atoms with Gasteiger partial charge in [-0.05, 0) is 40.2 Å². The highest BCUT2D eigenvalue weighted by Gasteiger charge is 2.06. The fourth-order valence-corrected chi connectivity index (χ4v) is 1.79. The normalized spacial score (nSPS) is 9.56. The Labute approximate surface area is 113 Å². The molecule has 2 rings (SSSR count). The Hall–Kier alpha value is -2.12. The van der Waals surface area contributed by atoms with E-state index in [0.29, 0.717) is 11.3 Å². The van der Waals surface area contributed by atoms with Crippen LogP contribution in [-0.2, 0) is 0 Å². The van der Waals surface area contributed by atoms with Crippen LogP contribution in [0.15, 0.2) is 47.2 Å². The largest absolute Gasteiger partial charge is 0.322 e. The van der Waals surface area contributed by atoms with Gasteiger partial charge in [-0.1, -0.05) is 12.0 Å². The summed E-state index contributed by atoms with van der Waals surface area (Å²) >= 11 is 3.27. The second kappa shape index (κ2) is 5.48. The quantitative estimate of drug-likeness (QED) is 0.866. The number of hydrogen-bond acceptors (Lipinski definition) is 2. The van der Waals surface area contributed by atoms with Gasteiger partial charge >= 0.3 is 0 Å². The molecule has 0 saturated heterocycles. The Kier molecular flexibility index (Phi) is 3.75. The molecule has 0 aliphatic heterocycles. The Morgan fingerprint density at radius 3 is 2.89 bits per heavy atom. The van der Waals surface area contributed by atoms with Crippen LogP contribution in [0.5, 0.6) is 0 Å². The number of halogens is 1. The molecule has 4 heteroatoms. The van der Waals surface area contributed by atoms with Crippen LogP contribution < -0.4 is 5.32 Å². The highest BCUT2D eigenvalue weighted by atomic mass is 79.9. The van der Waals surface area contributed by atoms with Gasteiger partial charge in [-0.15, -0.1) is 6.42 Å². The fraction of sp³-hybridized carbons (Fsp3) is 0. The standard InChI is InChI=1S/C14H9BrN2O/c1-2-10-4-3-5-13(6-10)17-14(18)11-7-12(15)9-16-8-11/h1,3-9H,(H,17,18). The summed E-state index contributed by atoms with van der Waals surface area (Å²) in [5.41, 5.74) is 1.87. The third-order valence-electron chi connectivity index (χ3n) is 2.25. The first-order valence-electron chi connectivity index (χ1n) is 5.17. The lowest BCUT2D eigenvalue weighted by Gasteiger charge is -2.05. The van der Waals surface area contributed by atoms with Crippen LogP contribution in [0, 0.1) is 12.3 Å². The molecule has 0 radical (unpaired) electrons. The zero-order valence-corrected chi connectivity index (χ0v) is 10.9. The van der Waals surface area contributed by atoms with Crippen molar-refractivity contribution >= 4 is 27.5 Å². The topological polar surface area (TPSA) is 42.0 Å². The molecular weight excluding hydrogens is 292 g/mol. The van der Waals surface area contributed by atoms with Crippen LogP contribution in [0.25, 0.3) is 0 Å². The van der Waals surface area contributed by atoms with E-state index in [2.05, 4.69) is 32.2 Å². The van der Waals surface area contributed by atoms with Gasteiger partial charge in [0.15, 0.2) is 0 Å². The summed E-state index contributed by atoms with van der Waals surface area (Å²) in [6.45, 7) is 0. The molecule has 1 aromatic carbocycles. The predicted molar refractivity (Wildman–Crippen MR) is 74.3 cm³/mol. The summed E-state index contributed by atoms with van der Waals surface area (Å²) < 4.78 is 0.757. The summed E-state index contributed by atoms with van der Waals surface area (Å²) in [4.78, 5) is 15.9. The predicted octanol–water partition coefficient (Wildman–Crippen LogP) is 3.08. The molecule has 1 N–H and O–H groups in total. The van der Waals surface area contributed by atoms with E-state index in [1.807, 2.05) is 0 Å². The van der Waals surface area contributed by atoms with Crippen molar-refractivity contribution in [2.24, 2.45) is 0 Å². The zero-order chi connectivity index (χ0) is 13.0. The molecule has 0 unspecified atom stereocenters. The third-order valence-corrected chi connectivity index (χ3v) is 2.69. The molecule has 1 heterocycles. The Bertz CT molecular complexity index is 632. The second-order valence-corrected chi connectivity index (χ2v) is 4.49.